The number of fused-ring (bicyclic) bond motifs is 2. The highest BCUT2D eigenvalue weighted by Crippen LogP contribution is 2.38. The molecule has 8 heteroatoms. The Labute approximate surface area is 177 Å². The van der Waals surface area contributed by atoms with Crippen LogP contribution in [0.1, 0.15) is 55.8 Å². The fourth-order valence-electron chi connectivity index (χ4n) is 5.25. The van der Waals surface area contributed by atoms with Gasteiger partial charge in [-0.25, -0.2) is 0 Å². The number of likely N-dealkylation sites (tertiary alicyclic amines) is 1. The summed E-state index contributed by atoms with van der Waals surface area (Å²) < 4.78 is 16.8. The molecule has 3 fully saturated rings. The molecule has 2 bridgehead atoms. The predicted octanol–water partition coefficient (Wildman–Crippen LogP) is 2.26. The van der Waals surface area contributed by atoms with Crippen molar-refractivity contribution in [3.05, 3.63) is 17.7 Å². The highest BCUT2D eigenvalue weighted by atomic mass is 16.5. The zero-order chi connectivity index (χ0) is 21.3. The molecular weight excluding hydrogens is 386 g/mol. The van der Waals surface area contributed by atoms with Gasteiger partial charge < -0.3 is 24.0 Å². The van der Waals surface area contributed by atoms with Crippen LogP contribution in [0.4, 0.5) is 0 Å². The largest absolute Gasteiger partial charge is 0.481 e. The second kappa shape index (κ2) is 8.79. The summed E-state index contributed by atoms with van der Waals surface area (Å²) in [7, 11) is 3.03. The summed E-state index contributed by atoms with van der Waals surface area (Å²) in [5.74, 6) is 0.815. The van der Waals surface area contributed by atoms with Gasteiger partial charge in [0.05, 0.1) is 26.4 Å². The Balaban J connectivity index is 1.30. The maximum absolute atomic E-state index is 13.0. The zero-order valence-electron chi connectivity index (χ0n) is 18.0. The van der Waals surface area contributed by atoms with E-state index < -0.39 is 0 Å². The number of pyridine rings is 1. The van der Waals surface area contributed by atoms with Crippen LogP contribution in [0, 0.1) is 0 Å². The summed E-state index contributed by atoms with van der Waals surface area (Å²) in [4.78, 5) is 33.0. The van der Waals surface area contributed by atoms with Crippen molar-refractivity contribution in [2.75, 3.05) is 27.3 Å². The number of methoxy groups -OCH3 is 2. The van der Waals surface area contributed by atoms with E-state index >= 15 is 0 Å². The number of rotatable bonds is 5. The maximum Gasteiger partial charge on any atom is 0.259 e. The van der Waals surface area contributed by atoms with Gasteiger partial charge in [0.1, 0.15) is 5.56 Å². The number of amides is 2. The van der Waals surface area contributed by atoms with Crippen LogP contribution in [0.2, 0.25) is 0 Å². The van der Waals surface area contributed by atoms with Crippen molar-refractivity contribution in [2.24, 2.45) is 0 Å². The molecule has 3 atom stereocenters. The molecule has 1 unspecified atom stereocenters. The number of nitrogens with zero attached hydrogens (tertiary/aromatic N) is 3. The number of hydrogen-bond donors (Lipinski definition) is 0. The van der Waals surface area contributed by atoms with Crippen LogP contribution in [-0.2, 0) is 9.53 Å². The van der Waals surface area contributed by atoms with E-state index in [2.05, 4.69) is 9.88 Å². The van der Waals surface area contributed by atoms with Crippen LogP contribution in [0.15, 0.2) is 12.1 Å². The van der Waals surface area contributed by atoms with E-state index in [1.165, 1.54) is 14.2 Å². The molecule has 3 aliphatic heterocycles. The van der Waals surface area contributed by atoms with E-state index in [0.717, 1.165) is 38.5 Å². The van der Waals surface area contributed by atoms with Crippen molar-refractivity contribution in [2.45, 2.75) is 69.7 Å². The first kappa shape index (κ1) is 20.9. The molecular formula is C22H31N3O5. The number of ether oxygens (including phenoxy) is 3. The lowest BCUT2D eigenvalue weighted by molar-refractivity contribution is -0.138. The highest BCUT2D eigenvalue weighted by molar-refractivity contribution is 5.96. The first-order valence-corrected chi connectivity index (χ1v) is 10.8. The van der Waals surface area contributed by atoms with E-state index in [4.69, 9.17) is 14.2 Å². The summed E-state index contributed by atoms with van der Waals surface area (Å²) in [6.07, 6.45) is 6.08. The molecule has 0 radical (unpaired) electrons. The first-order chi connectivity index (χ1) is 14.5. The Morgan fingerprint density at radius 3 is 2.20 bits per heavy atom. The van der Waals surface area contributed by atoms with Gasteiger partial charge in [0.15, 0.2) is 0 Å². The standard InChI is InChI=1S/C22H31N3O5/c1-14(26)25-15-4-5-16(25)13-18(12-15)30-17-8-10-24(11-9-17)22(27)19-6-7-20(28-2)23-21(19)29-3/h6-7,15-18H,4-5,8-13H2,1-3H3/t15-,16+,18?. The molecule has 4 heterocycles. The average molecular weight is 418 g/mol. The first-order valence-electron chi connectivity index (χ1n) is 10.8. The van der Waals surface area contributed by atoms with Crippen LogP contribution in [0.3, 0.4) is 0 Å². The minimum absolute atomic E-state index is 0.0757. The van der Waals surface area contributed by atoms with E-state index in [9.17, 15) is 9.59 Å². The monoisotopic (exact) mass is 417 g/mol. The average Bonchev–Trinajstić information content (AvgIpc) is 3.04. The second-order valence-corrected chi connectivity index (χ2v) is 8.44. The van der Waals surface area contributed by atoms with Crippen LogP contribution in [-0.4, -0.2) is 78.2 Å². The summed E-state index contributed by atoms with van der Waals surface area (Å²) in [6, 6.07) is 4.05. The Morgan fingerprint density at radius 1 is 0.967 bits per heavy atom. The quantitative estimate of drug-likeness (QED) is 0.731. The lowest BCUT2D eigenvalue weighted by Crippen LogP contribution is -2.49. The third-order valence-electron chi connectivity index (χ3n) is 6.64. The summed E-state index contributed by atoms with van der Waals surface area (Å²) in [5, 5.41) is 0. The van der Waals surface area contributed by atoms with E-state index in [-0.39, 0.29) is 29.9 Å². The van der Waals surface area contributed by atoms with Gasteiger partial charge in [0, 0.05) is 38.2 Å². The SMILES string of the molecule is COc1ccc(C(=O)N2CCC(OC3C[C@H]4CC[C@@H](C3)N4C(C)=O)CC2)c(OC)n1. The number of aromatic nitrogens is 1. The molecule has 0 N–H and O–H groups in total. The van der Waals surface area contributed by atoms with Gasteiger partial charge >= 0.3 is 0 Å². The lowest BCUT2D eigenvalue weighted by Gasteiger charge is -2.41. The fourth-order valence-corrected chi connectivity index (χ4v) is 5.25. The maximum atomic E-state index is 13.0. The van der Waals surface area contributed by atoms with Crippen molar-refractivity contribution < 1.29 is 23.8 Å². The van der Waals surface area contributed by atoms with Gasteiger partial charge in [-0.15, -0.1) is 0 Å². The number of piperidine rings is 2. The summed E-state index contributed by atoms with van der Waals surface area (Å²) in [5.41, 5.74) is 0.450. The van der Waals surface area contributed by atoms with Crippen LogP contribution < -0.4 is 9.47 Å². The molecule has 0 saturated carbocycles. The molecule has 30 heavy (non-hydrogen) atoms. The normalized spacial score (nSPS) is 26.6. The highest BCUT2D eigenvalue weighted by Gasteiger charge is 2.43. The lowest BCUT2D eigenvalue weighted by atomic mass is 9.98. The molecule has 1 aromatic heterocycles. The molecule has 164 valence electrons. The van der Waals surface area contributed by atoms with Crippen LogP contribution >= 0.6 is 0 Å². The van der Waals surface area contributed by atoms with Crippen molar-refractivity contribution in [1.29, 1.82) is 0 Å². The van der Waals surface area contributed by atoms with Crippen LogP contribution in [0.25, 0.3) is 0 Å². The van der Waals surface area contributed by atoms with Crippen molar-refractivity contribution in [3.8, 4) is 11.8 Å². The van der Waals surface area contributed by atoms with Crippen molar-refractivity contribution in [3.63, 3.8) is 0 Å². The summed E-state index contributed by atoms with van der Waals surface area (Å²) >= 11 is 0. The molecule has 0 aromatic carbocycles. The Kier molecular flexibility index (Phi) is 6.13. The molecule has 1 aromatic rings. The Morgan fingerprint density at radius 2 is 1.63 bits per heavy atom. The van der Waals surface area contributed by atoms with E-state index in [1.54, 1.807) is 19.1 Å². The van der Waals surface area contributed by atoms with E-state index in [0.29, 0.717) is 36.6 Å². The molecule has 4 rings (SSSR count). The molecule has 2 amide bonds. The van der Waals surface area contributed by atoms with Crippen LogP contribution in [0.5, 0.6) is 11.8 Å². The minimum Gasteiger partial charge on any atom is -0.481 e. The van der Waals surface area contributed by atoms with Gasteiger partial charge in [-0.1, -0.05) is 0 Å². The topological polar surface area (TPSA) is 81.2 Å². The van der Waals surface area contributed by atoms with Gasteiger partial charge in [0.25, 0.3) is 5.91 Å². The second-order valence-electron chi connectivity index (χ2n) is 8.44. The third-order valence-corrected chi connectivity index (χ3v) is 6.64. The van der Waals surface area contributed by atoms with Crippen molar-refractivity contribution in [1.82, 2.24) is 14.8 Å². The Bertz CT molecular complexity index is 779. The molecule has 3 saturated heterocycles. The van der Waals surface area contributed by atoms with Gasteiger partial charge in [-0.2, -0.15) is 4.98 Å². The van der Waals surface area contributed by atoms with E-state index in [1.807, 2.05) is 4.90 Å². The molecule has 3 aliphatic rings. The van der Waals surface area contributed by atoms with Gasteiger partial charge in [-0.05, 0) is 44.6 Å². The predicted molar refractivity (Wildman–Crippen MR) is 110 cm³/mol. The number of hydrogen-bond acceptors (Lipinski definition) is 6. The Hall–Kier alpha value is -2.35. The third kappa shape index (κ3) is 4.10. The number of carbonyl (C=O) groups is 2. The fraction of sp³-hybridized carbons (Fsp3) is 0.682. The molecule has 8 nitrogen and oxygen atoms in total. The van der Waals surface area contributed by atoms with Gasteiger partial charge in [0.2, 0.25) is 17.7 Å². The number of carbonyl (C=O) groups excluding carboxylic acids is 2. The minimum atomic E-state index is -0.0757. The van der Waals surface area contributed by atoms with Crippen molar-refractivity contribution >= 4 is 11.8 Å². The zero-order valence-corrected chi connectivity index (χ0v) is 18.0. The molecule has 0 aliphatic carbocycles. The molecule has 0 spiro atoms. The van der Waals surface area contributed by atoms with Gasteiger partial charge in [-0.3, -0.25) is 9.59 Å². The smallest absolute Gasteiger partial charge is 0.259 e. The summed E-state index contributed by atoms with van der Waals surface area (Å²) in [6.45, 7) is 2.97.